The number of hydrogen-bond donors (Lipinski definition) is 3. The minimum absolute atomic E-state index is 0.0606. The van der Waals surface area contributed by atoms with E-state index in [1.807, 2.05) is 6.92 Å². The summed E-state index contributed by atoms with van der Waals surface area (Å²) < 4.78 is 0. The molecule has 1 heterocycles. The summed E-state index contributed by atoms with van der Waals surface area (Å²) >= 11 is 0. The Kier molecular flexibility index (Phi) is 3.37. The molecule has 3 N–H and O–H groups in total. The number of anilines is 1. The molecule has 1 aliphatic carbocycles. The molecular weight excluding hydrogens is 216 g/mol. The first-order valence-corrected chi connectivity index (χ1v) is 5.80. The third-order valence-corrected chi connectivity index (χ3v) is 2.62. The fraction of sp³-hybridized carbons (Fsp3) is 0.417. The summed E-state index contributed by atoms with van der Waals surface area (Å²) in [5.41, 5.74) is 0.546. The van der Waals surface area contributed by atoms with Crippen molar-refractivity contribution < 1.29 is 4.79 Å². The molecule has 1 aromatic heterocycles. The van der Waals surface area contributed by atoms with Gasteiger partial charge in [0.15, 0.2) is 0 Å². The molecule has 1 amide bonds. The van der Waals surface area contributed by atoms with Crippen molar-refractivity contribution in [2.45, 2.75) is 26.2 Å². The van der Waals surface area contributed by atoms with E-state index in [4.69, 9.17) is 5.41 Å². The van der Waals surface area contributed by atoms with Gasteiger partial charge in [0.25, 0.3) is 0 Å². The van der Waals surface area contributed by atoms with Crippen LogP contribution in [0.4, 0.5) is 5.82 Å². The predicted molar refractivity (Wildman–Crippen MR) is 67.0 cm³/mol. The molecule has 0 unspecified atom stereocenters. The van der Waals surface area contributed by atoms with Crippen LogP contribution in [0.3, 0.4) is 0 Å². The van der Waals surface area contributed by atoms with Crippen LogP contribution in [0.15, 0.2) is 12.3 Å². The summed E-state index contributed by atoms with van der Waals surface area (Å²) in [5.74, 6) is 1.51. The Balaban J connectivity index is 1.93. The highest BCUT2D eigenvalue weighted by atomic mass is 16.2. The Morgan fingerprint density at radius 3 is 3.12 bits per heavy atom. The molecule has 1 fully saturated rings. The van der Waals surface area contributed by atoms with Crippen molar-refractivity contribution in [1.82, 2.24) is 9.97 Å². The minimum Gasteiger partial charge on any atom is -0.325 e. The van der Waals surface area contributed by atoms with E-state index in [9.17, 15) is 4.79 Å². The van der Waals surface area contributed by atoms with E-state index >= 15 is 0 Å². The molecule has 1 aliphatic rings. The average Bonchev–Trinajstić information content (AvgIpc) is 3.09. The van der Waals surface area contributed by atoms with Gasteiger partial charge >= 0.3 is 0 Å². The second kappa shape index (κ2) is 4.95. The van der Waals surface area contributed by atoms with Gasteiger partial charge in [-0.25, -0.2) is 4.98 Å². The molecule has 17 heavy (non-hydrogen) atoms. The summed E-state index contributed by atoms with van der Waals surface area (Å²) in [7, 11) is 0. The standard InChI is InChI=1S/C12H16N4O/c1-2-9(13)5-6-10-14-7-11(15-10)16-12(17)8-3-4-8/h5-8,13H,2-4H2,1H3,(H,14,15)(H,16,17). The molecule has 0 aliphatic heterocycles. The maximum absolute atomic E-state index is 11.5. The Hall–Kier alpha value is -1.91. The second-order valence-electron chi connectivity index (χ2n) is 4.16. The summed E-state index contributed by atoms with van der Waals surface area (Å²) in [6, 6.07) is 0. The lowest BCUT2D eigenvalue weighted by molar-refractivity contribution is -0.117. The maximum Gasteiger partial charge on any atom is 0.228 e. The number of nitrogens with one attached hydrogen (secondary N) is 3. The van der Waals surface area contributed by atoms with Gasteiger partial charge in [0.1, 0.15) is 11.6 Å². The van der Waals surface area contributed by atoms with E-state index in [0.717, 1.165) is 12.8 Å². The first-order chi connectivity index (χ1) is 8.19. The summed E-state index contributed by atoms with van der Waals surface area (Å²) in [6.07, 6.45) is 7.70. The number of imidazole rings is 1. The molecule has 0 saturated heterocycles. The van der Waals surface area contributed by atoms with Crippen molar-refractivity contribution in [2.24, 2.45) is 5.92 Å². The molecular formula is C12H16N4O. The Morgan fingerprint density at radius 1 is 1.71 bits per heavy atom. The largest absolute Gasteiger partial charge is 0.325 e. The highest BCUT2D eigenvalue weighted by Crippen LogP contribution is 2.29. The first-order valence-electron chi connectivity index (χ1n) is 5.80. The van der Waals surface area contributed by atoms with E-state index in [1.165, 1.54) is 0 Å². The van der Waals surface area contributed by atoms with Gasteiger partial charge in [-0.1, -0.05) is 6.92 Å². The predicted octanol–water partition coefficient (Wildman–Crippen LogP) is 2.20. The van der Waals surface area contributed by atoms with Crippen molar-refractivity contribution in [1.29, 1.82) is 5.41 Å². The van der Waals surface area contributed by atoms with Gasteiger partial charge in [-0.2, -0.15) is 0 Å². The van der Waals surface area contributed by atoms with Crippen molar-refractivity contribution in [3.8, 4) is 0 Å². The monoisotopic (exact) mass is 232 g/mol. The van der Waals surface area contributed by atoms with Gasteiger partial charge < -0.3 is 15.7 Å². The number of amides is 1. The number of aromatic nitrogens is 2. The summed E-state index contributed by atoms with van der Waals surface area (Å²) in [6.45, 7) is 1.93. The quantitative estimate of drug-likeness (QED) is 0.680. The normalized spacial score (nSPS) is 15.1. The third kappa shape index (κ3) is 3.27. The molecule has 2 rings (SSSR count). The molecule has 5 nitrogen and oxygen atoms in total. The van der Waals surface area contributed by atoms with Crippen LogP contribution >= 0.6 is 0 Å². The number of rotatable bonds is 5. The Bertz CT molecular complexity index is 457. The van der Waals surface area contributed by atoms with Crippen molar-refractivity contribution >= 4 is 23.5 Å². The molecule has 0 bridgehead atoms. The Labute approximate surface area is 99.8 Å². The molecule has 5 heteroatoms. The molecule has 1 aromatic rings. The topological polar surface area (TPSA) is 81.6 Å². The molecule has 1 saturated carbocycles. The average molecular weight is 232 g/mol. The SMILES string of the molecule is CCC(=N)C=Cc1ncc(NC(=O)C2CC2)[nH]1. The van der Waals surface area contributed by atoms with E-state index < -0.39 is 0 Å². The lowest BCUT2D eigenvalue weighted by Crippen LogP contribution is -2.13. The number of hydrogen-bond acceptors (Lipinski definition) is 3. The fourth-order valence-electron chi connectivity index (χ4n) is 1.36. The zero-order valence-electron chi connectivity index (χ0n) is 9.79. The summed E-state index contributed by atoms with van der Waals surface area (Å²) in [5, 5.41) is 10.3. The molecule has 0 radical (unpaired) electrons. The van der Waals surface area contributed by atoms with Gasteiger partial charge in [-0.3, -0.25) is 4.79 Å². The van der Waals surface area contributed by atoms with E-state index in [0.29, 0.717) is 23.8 Å². The van der Waals surface area contributed by atoms with Crippen LogP contribution in [0.1, 0.15) is 32.0 Å². The van der Waals surface area contributed by atoms with E-state index in [-0.39, 0.29) is 11.8 Å². The number of allylic oxidation sites excluding steroid dienone is 1. The molecule has 90 valence electrons. The molecule has 0 spiro atoms. The number of aromatic amines is 1. The number of nitrogens with zero attached hydrogens (tertiary/aromatic N) is 1. The van der Waals surface area contributed by atoms with Crippen LogP contribution in [0.5, 0.6) is 0 Å². The lowest BCUT2D eigenvalue weighted by Gasteiger charge is -1.98. The smallest absolute Gasteiger partial charge is 0.228 e. The van der Waals surface area contributed by atoms with Gasteiger partial charge in [0.2, 0.25) is 5.91 Å². The van der Waals surface area contributed by atoms with Crippen LogP contribution in [0.25, 0.3) is 6.08 Å². The van der Waals surface area contributed by atoms with Crippen LogP contribution in [-0.2, 0) is 4.79 Å². The third-order valence-electron chi connectivity index (χ3n) is 2.62. The maximum atomic E-state index is 11.5. The summed E-state index contributed by atoms with van der Waals surface area (Å²) in [4.78, 5) is 18.6. The van der Waals surface area contributed by atoms with Gasteiger partial charge in [-0.15, -0.1) is 0 Å². The molecule has 0 aromatic carbocycles. The first kappa shape index (κ1) is 11.6. The minimum atomic E-state index is 0.0606. The number of H-pyrrole nitrogens is 1. The second-order valence-corrected chi connectivity index (χ2v) is 4.16. The van der Waals surface area contributed by atoms with E-state index in [2.05, 4.69) is 15.3 Å². The van der Waals surface area contributed by atoms with Crippen LogP contribution in [-0.4, -0.2) is 21.6 Å². The van der Waals surface area contributed by atoms with Gasteiger partial charge in [0, 0.05) is 11.6 Å². The van der Waals surface area contributed by atoms with Crippen molar-refractivity contribution in [3.05, 3.63) is 18.1 Å². The van der Waals surface area contributed by atoms with Gasteiger partial charge in [-0.05, 0) is 31.4 Å². The zero-order valence-corrected chi connectivity index (χ0v) is 9.79. The van der Waals surface area contributed by atoms with Crippen LogP contribution in [0.2, 0.25) is 0 Å². The van der Waals surface area contributed by atoms with E-state index in [1.54, 1.807) is 18.3 Å². The van der Waals surface area contributed by atoms with Gasteiger partial charge in [0.05, 0.1) is 6.20 Å². The zero-order chi connectivity index (χ0) is 12.3. The molecule has 0 atom stereocenters. The number of carbonyl (C=O) groups excluding carboxylic acids is 1. The fourth-order valence-corrected chi connectivity index (χ4v) is 1.36. The Morgan fingerprint density at radius 2 is 2.47 bits per heavy atom. The van der Waals surface area contributed by atoms with Crippen LogP contribution in [0, 0.1) is 11.3 Å². The van der Waals surface area contributed by atoms with Crippen molar-refractivity contribution in [3.63, 3.8) is 0 Å². The van der Waals surface area contributed by atoms with Crippen LogP contribution < -0.4 is 5.32 Å². The van der Waals surface area contributed by atoms with Crippen molar-refractivity contribution in [2.75, 3.05) is 5.32 Å². The lowest BCUT2D eigenvalue weighted by atomic mass is 10.3. The highest BCUT2D eigenvalue weighted by Gasteiger charge is 2.29. The highest BCUT2D eigenvalue weighted by molar-refractivity contribution is 5.95. The number of carbonyl (C=O) groups is 1.